The lowest BCUT2D eigenvalue weighted by molar-refractivity contribution is -0.384. The number of aliphatic hydroxyl groups is 1. The van der Waals surface area contributed by atoms with Crippen LogP contribution in [0.4, 0.5) is 5.69 Å². The number of non-ortho nitro benzene ring substituents is 1. The molecule has 1 aromatic rings. The average Bonchev–Trinajstić information content (AvgIpc) is 2.72. The van der Waals surface area contributed by atoms with Gasteiger partial charge >= 0.3 is 0 Å². The molecule has 21 heavy (non-hydrogen) atoms. The standard InChI is InChI=1S/C16H24N2O3/c1-12(13-7-5-8-15(10-13)18(20)21)17-16-9-4-2-3-6-14(16)11-19/h5,7-8,10,12,14,16-17,19H,2-4,6,9,11H2,1H3. The number of nitro benzene ring substituents is 1. The van der Waals surface area contributed by atoms with Gasteiger partial charge in [-0.1, -0.05) is 31.4 Å². The molecule has 5 heteroatoms. The van der Waals surface area contributed by atoms with Crippen LogP contribution in [0.2, 0.25) is 0 Å². The first-order chi connectivity index (χ1) is 10.1. The minimum atomic E-state index is -0.363. The minimum Gasteiger partial charge on any atom is -0.396 e. The van der Waals surface area contributed by atoms with Crippen molar-refractivity contribution in [3.8, 4) is 0 Å². The van der Waals surface area contributed by atoms with E-state index in [0.717, 1.165) is 18.4 Å². The summed E-state index contributed by atoms with van der Waals surface area (Å²) < 4.78 is 0. The molecule has 1 fully saturated rings. The Morgan fingerprint density at radius 2 is 2.14 bits per heavy atom. The number of nitrogens with zero attached hydrogens (tertiary/aromatic N) is 1. The number of benzene rings is 1. The van der Waals surface area contributed by atoms with Gasteiger partial charge in [0, 0.05) is 30.8 Å². The van der Waals surface area contributed by atoms with E-state index in [2.05, 4.69) is 5.32 Å². The van der Waals surface area contributed by atoms with Gasteiger partial charge in [-0.15, -0.1) is 0 Å². The summed E-state index contributed by atoms with van der Waals surface area (Å²) in [5.74, 6) is 0.286. The molecule has 0 radical (unpaired) electrons. The molecule has 0 aliphatic heterocycles. The van der Waals surface area contributed by atoms with E-state index in [4.69, 9.17) is 0 Å². The van der Waals surface area contributed by atoms with Gasteiger partial charge in [-0.2, -0.15) is 0 Å². The molecule has 0 bridgehead atoms. The minimum absolute atomic E-state index is 0.0436. The maximum Gasteiger partial charge on any atom is 0.269 e. The molecule has 1 aliphatic rings. The van der Waals surface area contributed by atoms with Crippen molar-refractivity contribution in [2.75, 3.05) is 6.61 Å². The van der Waals surface area contributed by atoms with Gasteiger partial charge in [-0.05, 0) is 31.2 Å². The first-order valence-corrected chi connectivity index (χ1v) is 7.73. The van der Waals surface area contributed by atoms with E-state index in [0.29, 0.717) is 0 Å². The smallest absolute Gasteiger partial charge is 0.269 e. The van der Waals surface area contributed by atoms with E-state index < -0.39 is 0 Å². The van der Waals surface area contributed by atoms with Crippen molar-refractivity contribution in [3.05, 3.63) is 39.9 Å². The maximum absolute atomic E-state index is 10.9. The zero-order valence-corrected chi connectivity index (χ0v) is 12.5. The lowest BCUT2D eigenvalue weighted by Crippen LogP contribution is -2.38. The molecule has 1 saturated carbocycles. The third-order valence-electron chi connectivity index (χ3n) is 4.44. The molecule has 0 heterocycles. The number of aliphatic hydroxyl groups excluding tert-OH is 1. The van der Waals surface area contributed by atoms with Crippen LogP contribution in [0.25, 0.3) is 0 Å². The number of hydrogen-bond donors (Lipinski definition) is 2. The van der Waals surface area contributed by atoms with Crippen molar-refractivity contribution in [1.82, 2.24) is 5.32 Å². The van der Waals surface area contributed by atoms with Gasteiger partial charge in [0.15, 0.2) is 0 Å². The fourth-order valence-corrected chi connectivity index (χ4v) is 3.15. The number of nitro groups is 1. The van der Waals surface area contributed by atoms with Crippen LogP contribution < -0.4 is 5.32 Å². The second-order valence-corrected chi connectivity index (χ2v) is 5.93. The molecular formula is C16H24N2O3. The van der Waals surface area contributed by atoms with Crippen LogP contribution in [0, 0.1) is 16.0 Å². The van der Waals surface area contributed by atoms with Crippen molar-refractivity contribution in [1.29, 1.82) is 0 Å². The van der Waals surface area contributed by atoms with Crippen molar-refractivity contribution >= 4 is 5.69 Å². The van der Waals surface area contributed by atoms with E-state index >= 15 is 0 Å². The van der Waals surface area contributed by atoms with E-state index in [1.807, 2.05) is 13.0 Å². The Bertz CT molecular complexity index is 478. The van der Waals surface area contributed by atoms with Gasteiger partial charge in [-0.3, -0.25) is 10.1 Å². The molecule has 5 nitrogen and oxygen atoms in total. The van der Waals surface area contributed by atoms with E-state index in [-0.39, 0.29) is 35.2 Å². The molecule has 2 rings (SSSR count). The number of hydrogen-bond acceptors (Lipinski definition) is 4. The maximum atomic E-state index is 10.9. The van der Waals surface area contributed by atoms with Gasteiger partial charge in [-0.25, -0.2) is 0 Å². The first-order valence-electron chi connectivity index (χ1n) is 7.73. The molecule has 1 aromatic carbocycles. The predicted molar refractivity (Wildman–Crippen MR) is 82.1 cm³/mol. The van der Waals surface area contributed by atoms with E-state index in [9.17, 15) is 15.2 Å². The van der Waals surface area contributed by atoms with Gasteiger partial charge in [0.05, 0.1) is 4.92 Å². The summed E-state index contributed by atoms with van der Waals surface area (Å²) in [6, 6.07) is 7.10. The molecular weight excluding hydrogens is 268 g/mol. The van der Waals surface area contributed by atoms with E-state index in [1.54, 1.807) is 12.1 Å². The SMILES string of the molecule is CC(NC1CCCCCC1CO)c1cccc([N+](=O)[O-])c1. The first kappa shape index (κ1) is 15.9. The van der Waals surface area contributed by atoms with Crippen molar-refractivity contribution in [3.63, 3.8) is 0 Å². The van der Waals surface area contributed by atoms with Crippen LogP contribution >= 0.6 is 0 Å². The Kier molecular flexibility index (Phi) is 5.70. The number of nitrogens with one attached hydrogen (secondary N) is 1. The Morgan fingerprint density at radius 1 is 1.38 bits per heavy atom. The molecule has 3 atom stereocenters. The largest absolute Gasteiger partial charge is 0.396 e. The molecule has 0 amide bonds. The van der Waals surface area contributed by atoms with Crippen LogP contribution in [0.15, 0.2) is 24.3 Å². The molecule has 1 aliphatic carbocycles. The third-order valence-corrected chi connectivity index (χ3v) is 4.44. The Hall–Kier alpha value is -1.46. The van der Waals surface area contributed by atoms with Crippen LogP contribution in [-0.2, 0) is 0 Å². The van der Waals surface area contributed by atoms with Crippen molar-refractivity contribution in [2.45, 2.75) is 51.1 Å². The second-order valence-electron chi connectivity index (χ2n) is 5.93. The highest BCUT2D eigenvalue weighted by Crippen LogP contribution is 2.26. The summed E-state index contributed by atoms with van der Waals surface area (Å²) >= 11 is 0. The van der Waals surface area contributed by atoms with Crippen LogP contribution in [0.5, 0.6) is 0 Å². The molecule has 3 unspecified atom stereocenters. The fourth-order valence-electron chi connectivity index (χ4n) is 3.15. The van der Waals surface area contributed by atoms with Crippen LogP contribution in [-0.4, -0.2) is 22.7 Å². The van der Waals surface area contributed by atoms with Crippen molar-refractivity contribution < 1.29 is 10.0 Å². The summed E-state index contributed by atoms with van der Waals surface area (Å²) in [6.45, 7) is 2.23. The summed E-state index contributed by atoms with van der Waals surface area (Å²) in [7, 11) is 0. The van der Waals surface area contributed by atoms with E-state index in [1.165, 1.54) is 25.3 Å². The fraction of sp³-hybridized carbons (Fsp3) is 0.625. The highest BCUT2D eigenvalue weighted by Gasteiger charge is 2.24. The van der Waals surface area contributed by atoms with Gasteiger partial charge in [0.2, 0.25) is 0 Å². The average molecular weight is 292 g/mol. The predicted octanol–water partition coefficient (Wildman–Crippen LogP) is 3.19. The van der Waals surface area contributed by atoms with Crippen LogP contribution in [0.1, 0.15) is 50.6 Å². The lowest BCUT2D eigenvalue weighted by atomic mass is 9.94. The van der Waals surface area contributed by atoms with Crippen molar-refractivity contribution in [2.24, 2.45) is 5.92 Å². The molecule has 2 N–H and O–H groups in total. The van der Waals surface area contributed by atoms with Gasteiger partial charge < -0.3 is 10.4 Å². The topological polar surface area (TPSA) is 75.4 Å². The summed E-state index contributed by atoms with van der Waals surface area (Å²) in [6.07, 6.45) is 5.69. The Balaban J connectivity index is 2.06. The summed E-state index contributed by atoms with van der Waals surface area (Å²) in [5.41, 5.74) is 1.05. The normalized spacial score (nSPS) is 24.3. The molecule has 116 valence electrons. The zero-order valence-electron chi connectivity index (χ0n) is 12.5. The molecule has 0 spiro atoms. The Labute approximate surface area is 125 Å². The highest BCUT2D eigenvalue weighted by atomic mass is 16.6. The number of rotatable bonds is 5. The zero-order chi connectivity index (χ0) is 15.2. The van der Waals surface area contributed by atoms with Gasteiger partial charge in [0.1, 0.15) is 0 Å². The second kappa shape index (κ2) is 7.52. The highest BCUT2D eigenvalue weighted by molar-refractivity contribution is 5.35. The quantitative estimate of drug-likeness (QED) is 0.496. The Morgan fingerprint density at radius 3 is 2.86 bits per heavy atom. The summed E-state index contributed by atoms with van der Waals surface area (Å²) in [5, 5.41) is 24.0. The van der Waals surface area contributed by atoms with Crippen LogP contribution in [0.3, 0.4) is 0 Å². The lowest BCUT2D eigenvalue weighted by Gasteiger charge is -2.28. The summed E-state index contributed by atoms with van der Waals surface area (Å²) in [4.78, 5) is 10.5. The monoisotopic (exact) mass is 292 g/mol. The third kappa shape index (κ3) is 4.25. The molecule has 0 aromatic heterocycles. The molecule has 0 saturated heterocycles. The van der Waals surface area contributed by atoms with Gasteiger partial charge in [0.25, 0.3) is 5.69 Å².